The molecule has 3 rings (SSSR count). The Balaban J connectivity index is 0.000000396. The van der Waals surface area contributed by atoms with Crippen LogP contribution in [0.3, 0.4) is 0 Å². The number of thiazole rings is 1. The van der Waals surface area contributed by atoms with Crippen LogP contribution in [-0.2, 0) is 9.59 Å². The predicted molar refractivity (Wildman–Crippen MR) is 123 cm³/mol. The Bertz CT molecular complexity index is 819. The highest BCUT2D eigenvalue weighted by Crippen LogP contribution is 2.28. The van der Waals surface area contributed by atoms with Crippen LogP contribution >= 0.6 is 11.3 Å². The lowest BCUT2D eigenvalue weighted by Crippen LogP contribution is -2.42. The first-order chi connectivity index (χ1) is 14.2. The van der Waals surface area contributed by atoms with E-state index in [0.29, 0.717) is 0 Å². The maximum atomic E-state index is 12.4. The van der Waals surface area contributed by atoms with Gasteiger partial charge in [-0.05, 0) is 57.3 Å². The zero-order valence-electron chi connectivity index (χ0n) is 18.6. The van der Waals surface area contributed by atoms with Crippen LogP contribution in [0.2, 0.25) is 0 Å². The normalized spacial score (nSPS) is 18.4. The Labute approximate surface area is 183 Å². The first kappa shape index (κ1) is 24.2. The van der Waals surface area contributed by atoms with Crippen molar-refractivity contribution in [2.45, 2.75) is 58.7 Å². The Morgan fingerprint density at radius 1 is 1.30 bits per heavy atom. The number of nitrogens with two attached hydrogens (primary N) is 1. The maximum absolute atomic E-state index is 12.4. The second kappa shape index (κ2) is 11.3. The third-order valence-corrected chi connectivity index (χ3v) is 6.50. The summed E-state index contributed by atoms with van der Waals surface area (Å²) in [5.41, 5.74) is 10.5. The Morgan fingerprint density at radius 3 is 2.40 bits per heavy atom. The highest BCUT2D eigenvalue weighted by Gasteiger charge is 2.28. The molecule has 1 amide bonds. The van der Waals surface area contributed by atoms with Gasteiger partial charge in [-0.1, -0.05) is 38.1 Å². The monoisotopic (exact) mass is 430 g/mol. The minimum atomic E-state index is -0.278. The van der Waals surface area contributed by atoms with Gasteiger partial charge >= 0.3 is 0 Å². The molecule has 1 aliphatic rings. The fraction of sp³-hybridized carbons (Fsp3) is 0.522. The molecule has 6 nitrogen and oxygen atoms in total. The lowest BCUT2D eigenvalue weighted by molar-refractivity contribution is -0.125. The molecule has 1 fully saturated rings. The van der Waals surface area contributed by atoms with Crippen LogP contribution in [0.4, 0.5) is 0 Å². The van der Waals surface area contributed by atoms with Crippen LogP contribution in [0.15, 0.2) is 29.8 Å². The van der Waals surface area contributed by atoms with Crippen molar-refractivity contribution >= 4 is 23.5 Å². The van der Waals surface area contributed by atoms with Crippen LogP contribution in [0, 0.1) is 12.8 Å². The van der Waals surface area contributed by atoms with Crippen LogP contribution in [0.1, 0.15) is 50.9 Å². The predicted octanol–water partition coefficient (Wildman–Crippen LogP) is 3.56. The molecule has 3 N–H and O–H groups in total. The van der Waals surface area contributed by atoms with Crippen LogP contribution in [0.5, 0.6) is 0 Å². The molecule has 1 aliphatic heterocycles. The van der Waals surface area contributed by atoms with E-state index in [1.54, 1.807) is 11.3 Å². The molecule has 0 aliphatic carbocycles. The van der Waals surface area contributed by atoms with Crippen molar-refractivity contribution in [3.63, 3.8) is 0 Å². The molecule has 0 saturated carbocycles. The lowest BCUT2D eigenvalue weighted by Gasteiger charge is -2.22. The first-order valence-corrected chi connectivity index (χ1v) is 11.3. The molecule has 1 aromatic carbocycles. The van der Waals surface area contributed by atoms with E-state index in [2.05, 4.69) is 39.5 Å². The second-order valence-electron chi connectivity index (χ2n) is 8.22. The van der Waals surface area contributed by atoms with Gasteiger partial charge in [0.25, 0.3) is 0 Å². The number of carbonyl (C=O) groups excluding carboxylic acids is 2. The second-order valence-corrected chi connectivity index (χ2v) is 9.07. The van der Waals surface area contributed by atoms with Gasteiger partial charge in [0.05, 0.1) is 34.2 Å². The summed E-state index contributed by atoms with van der Waals surface area (Å²) in [6, 6.07) is 8.18. The van der Waals surface area contributed by atoms with Gasteiger partial charge < -0.3 is 15.8 Å². The number of carbonyl (C=O) groups is 2. The average molecular weight is 431 g/mol. The summed E-state index contributed by atoms with van der Waals surface area (Å²) in [5.74, 6) is 0.414. The topological polar surface area (TPSA) is 88.3 Å². The van der Waals surface area contributed by atoms with E-state index in [1.807, 2.05) is 40.3 Å². The number of hydrogen-bond donors (Lipinski definition) is 2. The van der Waals surface area contributed by atoms with Gasteiger partial charge in [-0.25, -0.2) is 4.98 Å². The standard InChI is InChI=1S/C18H23N3OS.C5H11NO/c1-12(20-18(22)16-5-4-10-21(16)3)14-6-8-15(9-7-14)17-13(2)19-11-23-17;1-4(2)5(6)3-7/h6-9,11-12,16H,4-5,10H2,1-3H3,(H,20,22);3-5H,6H2,1-2H3. The Hall–Kier alpha value is -2.09. The van der Waals surface area contributed by atoms with E-state index in [0.717, 1.165) is 36.9 Å². The van der Waals surface area contributed by atoms with Gasteiger partial charge in [0.15, 0.2) is 0 Å². The minimum absolute atomic E-state index is 0.0214. The minimum Gasteiger partial charge on any atom is -0.348 e. The fourth-order valence-electron chi connectivity index (χ4n) is 3.29. The van der Waals surface area contributed by atoms with Gasteiger partial charge in [-0.15, -0.1) is 11.3 Å². The van der Waals surface area contributed by atoms with Gasteiger partial charge in [0.2, 0.25) is 5.91 Å². The molecule has 7 heteroatoms. The molecule has 0 bridgehead atoms. The molecule has 3 unspecified atom stereocenters. The number of nitrogens with one attached hydrogen (secondary N) is 1. The first-order valence-electron chi connectivity index (χ1n) is 10.5. The number of hydrogen-bond acceptors (Lipinski definition) is 6. The van der Waals surface area contributed by atoms with E-state index in [4.69, 9.17) is 5.73 Å². The quantitative estimate of drug-likeness (QED) is 0.684. The van der Waals surface area contributed by atoms with E-state index in [1.165, 1.54) is 10.4 Å². The van der Waals surface area contributed by atoms with Crippen LogP contribution in [-0.4, -0.2) is 47.8 Å². The van der Waals surface area contributed by atoms with Crippen molar-refractivity contribution in [1.29, 1.82) is 0 Å². The molecule has 2 aromatic rings. The van der Waals surface area contributed by atoms with Crippen LogP contribution in [0.25, 0.3) is 10.4 Å². The van der Waals surface area contributed by atoms with Crippen molar-refractivity contribution in [2.24, 2.45) is 11.7 Å². The van der Waals surface area contributed by atoms with Gasteiger partial charge in [-0.3, -0.25) is 9.69 Å². The van der Waals surface area contributed by atoms with E-state index >= 15 is 0 Å². The summed E-state index contributed by atoms with van der Waals surface area (Å²) >= 11 is 1.66. The molecule has 164 valence electrons. The van der Waals surface area contributed by atoms with E-state index in [-0.39, 0.29) is 30.0 Å². The number of likely N-dealkylation sites (tertiary alicyclic amines) is 1. The smallest absolute Gasteiger partial charge is 0.237 e. The fourth-order valence-corrected chi connectivity index (χ4v) is 4.11. The molecule has 30 heavy (non-hydrogen) atoms. The van der Waals surface area contributed by atoms with Crippen molar-refractivity contribution in [1.82, 2.24) is 15.2 Å². The average Bonchev–Trinajstić information content (AvgIpc) is 3.35. The summed E-state index contributed by atoms with van der Waals surface area (Å²) in [4.78, 5) is 29.8. The molecule has 1 aromatic heterocycles. The number of rotatable bonds is 6. The largest absolute Gasteiger partial charge is 0.348 e. The number of benzene rings is 1. The number of aromatic nitrogens is 1. The summed E-state index contributed by atoms with van der Waals surface area (Å²) in [6.07, 6.45) is 2.83. The third kappa shape index (κ3) is 6.45. The molecule has 0 spiro atoms. The summed E-state index contributed by atoms with van der Waals surface area (Å²) in [5, 5.41) is 3.14. The zero-order chi connectivity index (χ0) is 22.3. The van der Waals surface area contributed by atoms with Crippen molar-refractivity contribution in [2.75, 3.05) is 13.6 Å². The van der Waals surface area contributed by atoms with E-state index in [9.17, 15) is 9.59 Å². The Kier molecular flexibility index (Phi) is 9.14. The number of likely N-dealkylation sites (N-methyl/N-ethyl adjacent to an activating group) is 1. The number of aryl methyl sites for hydroxylation is 1. The van der Waals surface area contributed by atoms with Crippen molar-refractivity contribution < 1.29 is 9.59 Å². The molecule has 1 saturated heterocycles. The summed E-state index contributed by atoms with van der Waals surface area (Å²) < 4.78 is 0. The highest BCUT2D eigenvalue weighted by atomic mass is 32.1. The summed E-state index contributed by atoms with van der Waals surface area (Å²) in [6.45, 7) is 8.91. The highest BCUT2D eigenvalue weighted by molar-refractivity contribution is 7.13. The molecule has 3 atom stereocenters. The zero-order valence-corrected chi connectivity index (χ0v) is 19.4. The molecule has 0 radical (unpaired) electrons. The van der Waals surface area contributed by atoms with E-state index < -0.39 is 0 Å². The molecule has 2 heterocycles. The Morgan fingerprint density at radius 2 is 1.97 bits per heavy atom. The maximum Gasteiger partial charge on any atom is 0.237 e. The molecular weight excluding hydrogens is 396 g/mol. The third-order valence-electron chi connectivity index (χ3n) is 5.53. The van der Waals surface area contributed by atoms with Crippen molar-refractivity contribution in [3.8, 4) is 10.4 Å². The van der Waals surface area contributed by atoms with Gasteiger partial charge in [0, 0.05) is 0 Å². The van der Waals surface area contributed by atoms with Crippen LogP contribution < -0.4 is 11.1 Å². The molecular formula is C23H34N4O2S. The number of amides is 1. The summed E-state index contributed by atoms with van der Waals surface area (Å²) in [7, 11) is 2.02. The van der Waals surface area contributed by atoms with Gasteiger partial charge in [0.1, 0.15) is 6.29 Å². The number of nitrogens with zero attached hydrogens (tertiary/aromatic N) is 2. The van der Waals surface area contributed by atoms with Crippen molar-refractivity contribution in [3.05, 3.63) is 41.0 Å². The SMILES string of the molecule is CC(C)C(N)C=O.Cc1ncsc1-c1ccc(C(C)NC(=O)C2CCCN2C)cc1. The van der Waals surface area contributed by atoms with Gasteiger partial charge in [-0.2, -0.15) is 0 Å². The lowest BCUT2D eigenvalue weighted by atomic mass is 10.0. The number of aldehydes is 1.